The Hall–Kier alpha value is -3.56. The topological polar surface area (TPSA) is 84.1 Å². The lowest BCUT2D eigenvalue weighted by Gasteiger charge is -2.06. The zero-order valence-electron chi connectivity index (χ0n) is 15.9. The van der Waals surface area contributed by atoms with Crippen LogP contribution in [0.15, 0.2) is 54.2 Å². The molecule has 3 aromatic rings. The summed E-state index contributed by atoms with van der Waals surface area (Å²) in [4.78, 5) is 24.3. The summed E-state index contributed by atoms with van der Waals surface area (Å²) < 4.78 is 6.46. The van der Waals surface area contributed by atoms with E-state index in [0.717, 1.165) is 16.5 Å². The van der Waals surface area contributed by atoms with Crippen LogP contribution in [0.4, 0.5) is 5.69 Å². The van der Waals surface area contributed by atoms with E-state index < -0.39 is 11.9 Å². The van der Waals surface area contributed by atoms with Crippen molar-refractivity contribution in [2.45, 2.75) is 13.5 Å². The van der Waals surface area contributed by atoms with E-state index in [9.17, 15) is 14.9 Å². The summed E-state index contributed by atoms with van der Waals surface area (Å²) in [5.74, 6) is -0.937. The SMILES string of the molecule is COC(=O)Cn1cc(/C=C(/C#N)C(=O)Nc2ccc(C)c(Cl)c2)c2ccccc21. The first-order valence-electron chi connectivity index (χ1n) is 8.77. The molecule has 0 aliphatic heterocycles. The maximum absolute atomic E-state index is 12.6. The Morgan fingerprint density at radius 2 is 2.03 bits per heavy atom. The van der Waals surface area contributed by atoms with Gasteiger partial charge in [-0.05, 0) is 36.8 Å². The Morgan fingerprint density at radius 1 is 1.28 bits per heavy atom. The van der Waals surface area contributed by atoms with Crippen molar-refractivity contribution < 1.29 is 14.3 Å². The molecule has 0 spiro atoms. The molecule has 1 heterocycles. The summed E-state index contributed by atoms with van der Waals surface area (Å²) in [6.07, 6.45) is 3.22. The number of esters is 1. The number of hydrogen-bond donors (Lipinski definition) is 1. The first-order valence-corrected chi connectivity index (χ1v) is 9.14. The fourth-order valence-electron chi connectivity index (χ4n) is 2.90. The molecule has 2 aromatic carbocycles. The number of amides is 1. The van der Waals surface area contributed by atoms with Crippen LogP contribution < -0.4 is 5.32 Å². The Morgan fingerprint density at radius 3 is 2.72 bits per heavy atom. The van der Waals surface area contributed by atoms with E-state index in [-0.39, 0.29) is 12.1 Å². The third-order valence-corrected chi connectivity index (χ3v) is 4.85. The molecule has 7 heteroatoms. The number of benzene rings is 2. The highest BCUT2D eigenvalue weighted by molar-refractivity contribution is 6.31. The number of anilines is 1. The maximum atomic E-state index is 12.6. The molecule has 3 rings (SSSR count). The third-order valence-electron chi connectivity index (χ3n) is 4.44. The van der Waals surface area contributed by atoms with Gasteiger partial charge in [0.05, 0.1) is 7.11 Å². The zero-order valence-corrected chi connectivity index (χ0v) is 16.7. The lowest BCUT2D eigenvalue weighted by atomic mass is 10.1. The Balaban J connectivity index is 1.95. The fraction of sp³-hybridized carbons (Fsp3) is 0.136. The van der Waals surface area contributed by atoms with Gasteiger partial charge in [-0.3, -0.25) is 9.59 Å². The summed E-state index contributed by atoms with van der Waals surface area (Å²) >= 11 is 6.09. The van der Waals surface area contributed by atoms with Crippen LogP contribution in [0.3, 0.4) is 0 Å². The molecule has 1 amide bonds. The van der Waals surface area contributed by atoms with Gasteiger partial charge in [0.2, 0.25) is 0 Å². The fourth-order valence-corrected chi connectivity index (χ4v) is 3.08. The van der Waals surface area contributed by atoms with Gasteiger partial charge in [-0.15, -0.1) is 0 Å². The van der Waals surface area contributed by atoms with Crippen molar-refractivity contribution in [1.29, 1.82) is 5.26 Å². The average Bonchev–Trinajstić information content (AvgIpc) is 3.06. The van der Waals surface area contributed by atoms with Crippen LogP contribution in [0.1, 0.15) is 11.1 Å². The lowest BCUT2D eigenvalue weighted by molar-refractivity contribution is -0.141. The highest BCUT2D eigenvalue weighted by atomic mass is 35.5. The number of halogens is 1. The molecular formula is C22H18ClN3O3. The molecule has 1 N–H and O–H groups in total. The molecule has 0 bridgehead atoms. The number of ether oxygens (including phenoxy) is 1. The van der Waals surface area contributed by atoms with Gasteiger partial charge in [-0.2, -0.15) is 5.26 Å². The molecule has 0 radical (unpaired) electrons. The monoisotopic (exact) mass is 407 g/mol. The number of methoxy groups -OCH3 is 1. The van der Waals surface area contributed by atoms with E-state index in [1.54, 1.807) is 29.0 Å². The van der Waals surface area contributed by atoms with Crippen molar-refractivity contribution in [2.75, 3.05) is 12.4 Å². The molecule has 1 aromatic heterocycles. The average molecular weight is 408 g/mol. The number of nitriles is 1. The molecule has 6 nitrogen and oxygen atoms in total. The normalized spacial score (nSPS) is 11.2. The van der Waals surface area contributed by atoms with E-state index in [1.807, 2.05) is 37.3 Å². The highest BCUT2D eigenvalue weighted by Crippen LogP contribution is 2.25. The van der Waals surface area contributed by atoms with Crippen LogP contribution in [0, 0.1) is 18.3 Å². The number of hydrogen-bond acceptors (Lipinski definition) is 4. The number of fused-ring (bicyclic) bond motifs is 1. The number of carbonyl (C=O) groups excluding carboxylic acids is 2. The molecule has 0 saturated carbocycles. The largest absolute Gasteiger partial charge is 0.468 e. The lowest BCUT2D eigenvalue weighted by Crippen LogP contribution is -2.13. The second-order valence-electron chi connectivity index (χ2n) is 6.39. The minimum absolute atomic E-state index is 0.0286. The van der Waals surface area contributed by atoms with Gasteiger partial charge in [0.25, 0.3) is 5.91 Å². The van der Waals surface area contributed by atoms with Gasteiger partial charge in [0.1, 0.15) is 18.2 Å². The van der Waals surface area contributed by atoms with Crippen molar-refractivity contribution in [1.82, 2.24) is 4.57 Å². The van der Waals surface area contributed by atoms with Gasteiger partial charge in [0.15, 0.2) is 0 Å². The highest BCUT2D eigenvalue weighted by Gasteiger charge is 2.14. The predicted molar refractivity (Wildman–Crippen MR) is 112 cm³/mol. The molecule has 146 valence electrons. The van der Waals surface area contributed by atoms with Gasteiger partial charge in [-0.1, -0.05) is 35.9 Å². The molecule has 0 fully saturated rings. The van der Waals surface area contributed by atoms with Crippen molar-refractivity contribution in [2.24, 2.45) is 0 Å². The maximum Gasteiger partial charge on any atom is 0.325 e. The van der Waals surface area contributed by atoms with Crippen molar-refractivity contribution in [3.63, 3.8) is 0 Å². The zero-order chi connectivity index (χ0) is 21.0. The molecular weight excluding hydrogens is 390 g/mol. The number of nitrogens with zero attached hydrogens (tertiary/aromatic N) is 2. The van der Waals surface area contributed by atoms with Gasteiger partial charge >= 0.3 is 5.97 Å². The van der Waals surface area contributed by atoms with E-state index in [2.05, 4.69) is 5.32 Å². The first-order chi connectivity index (χ1) is 13.9. The third kappa shape index (κ3) is 4.48. The predicted octanol–water partition coefficient (Wildman–Crippen LogP) is 4.32. The summed E-state index contributed by atoms with van der Waals surface area (Å²) in [5.41, 5.74) is 2.77. The molecule has 0 unspecified atom stereocenters. The van der Waals surface area contributed by atoms with Crippen LogP contribution in [0.2, 0.25) is 5.02 Å². The minimum atomic E-state index is -0.544. The van der Waals surface area contributed by atoms with Crippen LogP contribution >= 0.6 is 11.6 Å². The van der Waals surface area contributed by atoms with E-state index in [1.165, 1.54) is 13.2 Å². The summed E-state index contributed by atoms with van der Waals surface area (Å²) in [7, 11) is 1.32. The van der Waals surface area contributed by atoms with Crippen LogP contribution in [-0.2, 0) is 20.9 Å². The number of aromatic nitrogens is 1. The number of rotatable bonds is 5. The van der Waals surface area contributed by atoms with Crippen LogP contribution in [0.5, 0.6) is 0 Å². The van der Waals surface area contributed by atoms with Gasteiger partial charge < -0.3 is 14.6 Å². The Bertz CT molecular complexity index is 1170. The van der Waals surface area contributed by atoms with Crippen molar-refractivity contribution >= 4 is 46.1 Å². The molecule has 0 saturated heterocycles. The quantitative estimate of drug-likeness (QED) is 0.387. The number of aryl methyl sites for hydroxylation is 1. The van der Waals surface area contributed by atoms with Crippen LogP contribution in [-0.4, -0.2) is 23.6 Å². The molecule has 0 atom stereocenters. The first kappa shape index (κ1) is 20.2. The second kappa shape index (κ2) is 8.63. The number of carbonyl (C=O) groups is 2. The second-order valence-corrected chi connectivity index (χ2v) is 6.80. The Kier molecular flexibility index (Phi) is 6.01. The standard InChI is InChI=1S/C22H18ClN3O3/c1-14-7-8-17(10-19(14)23)25-22(28)15(11-24)9-16-12-26(13-21(27)29-2)20-6-4-3-5-18(16)20/h3-10,12H,13H2,1-2H3,(H,25,28)/b15-9-. The van der Waals surface area contributed by atoms with Crippen molar-refractivity contribution in [3.8, 4) is 6.07 Å². The van der Waals surface area contributed by atoms with E-state index >= 15 is 0 Å². The molecule has 0 aliphatic carbocycles. The Labute approximate surface area is 173 Å². The van der Waals surface area contributed by atoms with E-state index in [0.29, 0.717) is 16.3 Å². The summed E-state index contributed by atoms with van der Waals surface area (Å²) in [6, 6.07) is 14.5. The van der Waals surface area contributed by atoms with E-state index in [4.69, 9.17) is 16.3 Å². The molecule has 29 heavy (non-hydrogen) atoms. The number of para-hydroxylation sites is 1. The summed E-state index contributed by atoms with van der Waals surface area (Å²) in [5, 5.41) is 13.5. The molecule has 0 aliphatic rings. The smallest absolute Gasteiger partial charge is 0.325 e. The van der Waals surface area contributed by atoms with Gasteiger partial charge in [-0.25, -0.2) is 0 Å². The summed E-state index contributed by atoms with van der Waals surface area (Å²) in [6.45, 7) is 1.89. The van der Waals surface area contributed by atoms with Crippen molar-refractivity contribution in [3.05, 3.63) is 70.4 Å². The van der Waals surface area contributed by atoms with Crippen LogP contribution in [0.25, 0.3) is 17.0 Å². The van der Waals surface area contributed by atoms with Gasteiger partial charge in [0, 0.05) is 33.4 Å². The number of nitrogens with one attached hydrogen (secondary N) is 1. The minimum Gasteiger partial charge on any atom is -0.468 e.